The van der Waals surface area contributed by atoms with Gasteiger partial charge < -0.3 is 10.6 Å². The number of hydrogen-bond donors (Lipinski definition) is 2. The lowest BCUT2D eigenvalue weighted by Gasteiger charge is -2.03. The summed E-state index contributed by atoms with van der Waals surface area (Å²) in [6, 6.07) is 8.92. The third-order valence-corrected chi connectivity index (χ3v) is 3.75. The second-order valence-electron chi connectivity index (χ2n) is 5.29. The van der Waals surface area contributed by atoms with Gasteiger partial charge in [0.2, 0.25) is 5.91 Å². The lowest BCUT2D eigenvalue weighted by molar-refractivity contribution is -0.114. The Kier molecular flexibility index (Phi) is 4.94. The highest BCUT2D eigenvalue weighted by molar-refractivity contribution is 9.10. The van der Waals surface area contributed by atoms with Crippen LogP contribution in [0.1, 0.15) is 17.4 Å². The molecule has 0 unspecified atom stereocenters. The van der Waals surface area contributed by atoms with Crippen LogP contribution in [-0.4, -0.2) is 31.4 Å². The van der Waals surface area contributed by atoms with Crippen LogP contribution >= 0.6 is 15.9 Å². The van der Waals surface area contributed by atoms with E-state index >= 15 is 0 Å². The van der Waals surface area contributed by atoms with Gasteiger partial charge in [0.15, 0.2) is 5.69 Å². The molecule has 0 spiro atoms. The molecule has 0 radical (unpaired) electrons. The fourth-order valence-electron chi connectivity index (χ4n) is 2.15. The van der Waals surface area contributed by atoms with E-state index in [0.29, 0.717) is 23.7 Å². The maximum atomic E-state index is 12.2. The van der Waals surface area contributed by atoms with Crippen molar-refractivity contribution in [3.05, 3.63) is 59.1 Å². The number of aromatic nitrogens is 4. The summed E-state index contributed by atoms with van der Waals surface area (Å²) in [5, 5.41) is 13.8. The zero-order chi connectivity index (χ0) is 17.8. The topological polar surface area (TPSA) is 93.8 Å². The maximum absolute atomic E-state index is 12.2. The Labute approximate surface area is 152 Å². The first-order valence-corrected chi connectivity index (χ1v) is 8.19. The number of carbonyl (C=O) groups excluding carboxylic acids is 2. The normalized spacial score (nSPS) is 10.5. The van der Waals surface area contributed by atoms with Crippen molar-refractivity contribution in [2.24, 2.45) is 0 Å². The van der Waals surface area contributed by atoms with Gasteiger partial charge in [0.05, 0.1) is 18.1 Å². The van der Waals surface area contributed by atoms with Crippen molar-refractivity contribution in [3.63, 3.8) is 0 Å². The van der Waals surface area contributed by atoms with Gasteiger partial charge in [0, 0.05) is 23.3 Å². The molecule has 0 fully saturated rings. The van der Waals surface area contributed by atoms with E-state index < -0.39 is 0 Å². The van der Waals surface area contributed by atoms with E-state index in [4.69, 9.17) is 0 Å². The molecule has 2 aromatic heterocycles. The van der Waals surface area contributed by atoms with Crippen LogP contribution in [-0.2, 0) is 11.5 Å². The first kappa shape index (κ1) is 16.9. The van der Waals surface area contributed by atoms with Gasteiger partial charge in [0.25, 0.3) is 5.91 Å². The van der Waals surface area contributed by atoms with Crippen LogP contribution in [0.15, 0.2) is 53.4 Å². The summed E-state index contributed by atoms with van der Waals surface area (Å²) in [5.41, 5.74) is 1.60. The summed E-state index contributed by atoms with van der Waals surface area (Å²) in [6.45, 7) is 1.76. The second-order valence-corrected chi connectivity index (χ2v) is 6.21. The number of anilines is 2. The third kappa shape index (κ3) is 4.54. The zero-order valence-corrected chi connectivity index (χ0v) is 14.9. The van der Waals surface area contributed by atoms with Gasteiger partial charge in [-0.3, -0.25) is 14.3 Å². The van der Waals surface area contributed by atoms with Crippen molar-refractivity contribution >= 4 is 39.1 Å². The van der Waals surface area contributed by atoms with Gasteiger partial charge in [-0.1, -0.05) is 15.9 Å². The Balaban J connectivity index is 1.63. The van der Waals surface area contributed by atoms with Crippen LogP contribution in [0.3, 0.4) is 0 Å². The number of benzene rings is 1. The summed E-state index contributed by atoms with van der Waals surface area (Å²) >= 11 is 3.35. The Morgan fingerprint density at radius 1 is 1.08 bits per heavy atom. The van der Waals surface area contributed by atoms with E-state index in [0.717, 1.165) is 4.47 Å². The molecule has 2 heterocycles. The quantitative estimate of drug-likeness (QED) is 0.685. The highest BCUT2D eigenvalue weighted by Crippen LogP contribution is 2.14. The Morgan fingerprint density at radius 2 is 1.84 bits per heavy atom. The fraction of sp³-hybridized carbons (Fsp3) is 0.125. The van der Waals surface area contributed by atoms with Crippen molar-refractivity contribution < 1.29 is 9.59 Å². The summed E-state index contributed by atoms with van der Waals surface area (Å²) in [6.07, 6.45) is 4.92. The van der Waals surface area contributed by atoms with Crippen molar-refractivity contribution in [2.75, 3.05) is 10.6 Å². The van der Waals surface area contributed by atoms with E-state index in [1.807, 2.05) is 12.1 Å². The SMILES string of the molecule is CC(=O)Nc1cnn(Cn2ccc(C(=O)Nc3ccc(Br)cc3)n2)c1. The second kappa shape index (κ2) is 7.31. The predicted molar refractivity (Wildman–Crippen MR) is 96.3 cm³/mol. The molecular formula is C16H15BrN6O2. The average Bonchev–Trinajstić information content (AvgIpc) is 3.19. The number of nitrogens with one attached hydrogen (secondary N) is 2. The van der Waals surface area contributed by atoms with Crippen molar-refractivity contribution in [2.45, 2.75) is 13.6 Å². The standard InChI is InChI=1S/C16H15BrN6O2/c1-11(24)19-14-8-18-23(9-14)10-22-7-6-15(21-22)16(25)20-13-4-2-12(17)3-5-13/h2-9H,10H2,1H3,(H,19,24)(H,20,25). The molecule has 0 bridgehead atoms. The maximum Gasteiger partial charge on any atom is 0.276 e. The van der Waals surface area contributed by atoms with Crippen LogP contribution in [0, 0.1) is 0 Å². The largest absolute Gasteiger partial charge is 0.324 e. The van der Waals surface area contributed by atoms with Crippen LogP contribution in [0.25, 0.3) is 0 Å². The van der Waals surface area contributed by atoms with Gasteiger partial charge in [-0.2, -0.15) is 10.2 Å². The summed E-state index contributed by atoms with van der Waals surface area (Å²) in [5.74, 6) is -0.453. The minimum absolute atomic E-state index is 0.162. The molecule has 9 heteroatoms. The van der Waals surface area contributed by atoms with Crippen molar-refractivity contribution in [1.29, 1.82) is 0 Å². The number of carbonyl (C=O) groups is 2. The molecular weight excluding hydrogens is 388 g/mol. The summed E-state index contributed by atoms with van der Waals surface area (Å²) < 4.78 is 4.13. The van der Waals surface area contributed by atoms with Gasteiger partial charge in [-0.05, 0) is 30.3 Å². The fourth-order valence-corrected chi connectivity index (χ4v) is 2.41. The molecule has 0 aliphatic rings. The molecule has 2 amide bonds. The van der Waals surface area contributed by atoms with Crippen LogP contribution in [0.2, 0.25) is 0 Å². The summed E-state index contributed by atoms with van der Waals surface area (Å²) in [4.78, 5) is 23.2. The van der Waals surface area contributed by atoms with E-state index in [1.54, 1.807) is 46.2 Å². The zero-order valence-electron chi connectivity index (χ0n) is 13.3. The molecule has 8 nitrogen and oxygen atoms in total. The highest BCUT2D eigenvalue weighted by atomic mass is 79.9. The third-order valence-electron chi connectivity index (χ3n) is 3.22. The van der Waals surface area contributed by atoms with Crippen LogP contribution in [0.5, 0.6) is 0 Å². The van der Waals surface area contributed by atoms with Gasteiger partial charge in [0.1, 0.15) is 6.67 Å². The van der Waals surface area contributed by atoms with Crippen LogP contribution in [0.4, 0.5) is 11.4 Å². The molecule has 0 aliphatic heterocycles. The molecule has 0 atom stereocenters. The molecule has 0 aliphatic carbocycles. The van der Waals surface area contributed by atoms with Gasteiger partial charge in [-0.15, -0.1) is 0 Å². The first-order valence-electron chi connectivity index (χ1n) is 7.40. The molecule has 25 heavy (non-hydrogen) atoms. The number of amides is 2. The molecule has 128 valence electrons. The van der Waals surface area contributed by atoms with E-state index in [9.17, 15) is 9.59 Å². The number of rotatable bonds is 5. The summed E-state index contributed by atoms with van der Waals surface area (Å²) in [7, 11) is 0. The number of hydrogen-bond acceptors (Lipinski definition) is 4. The molecule has 2 N–H and O–H groups in total. The Hall–Kier alpha value is -2.94. The highest BCUT2D eigenvalue weighted by Gasteiger charge is 2.10. The van der Waals surface area contributed by atoms with E-state index in [1.165, 1.54) is 6.92 Å². The van der Waals surface area contributed by atoms with Crippen molar-refractivity contribution in [1.82, 2.24) is 19.6 Å². The van der Waals surface area contributed by atoms with E-state index in [-0.39, 0.29) is 11.8 Å². The molecule has 0 saturated carbocycles. The number of halogens is 1. The number of nitrogens with zero attached hydrogens (tertiary/aromatic N) is 4. The van der Waals surface area contributed by atoms with Crippen molar-refractivity contribution in [3.8, 4) is 0 Å². The lowest BCUT2D eigenvalue weighted by Crippen LogP contribution is -2.15. The minimum Gasteiger partial charge on any atom is -0.324 e. The predicted octanol–water partition coefficient (Wildman–Crippen LogP) is 2.56. The molecule has 0 saturated heterocycles. The smallest absolute Gasteiger partial charge is 0.276 e. The molecule has 1 aromatic carbocycles. The van der Waals surface area contributed by atoms with Gasteiger partial charge >= 0.3 is 0 Å². The minimum atomic E-state index is -0.291. The van der Waals surface area contributed by atoms with Crippen LogP contribution < -0.4 is 10.6 Å². The first-order chi connectivity index (χ1) is 12.0. The lowest BCUT2D eigenvalue weighted by atomic mass is 10.3. The Bertz CT molecular complexity index is 900. The average molecular weight is 403 g/mol. The van der Waals surface area contributed by atoms with E-state index in [2.05, 4.69) is 36.8 Å². The monoisotopic (exact) mass is 402 g/mol. The molecule has 3 rings (SSSR count). The Morgan fingerprint density at radius 3 is 2.56 bits per heavy atom. The van der Waals surface area contributed by atoms with Gasteiger partial charge in [-0.25, -0.2) is 4.68 Å². The molecule has 3 aromatic rings.